The van der Waals surface area contributed by atoms with Crippen molar-refractivity contribution in [2.45, 2.75) is 20.0 Å². The first-order valence-electron chi connectivity index (χ1n) is 10.8. The molecule has 0 amide bonds. The second-order valence-electron chi connectivity index (χ2n) is 8.11. The van der Waals surface area contributed by atoms with E-state index in [1.165, 1.54) is 6.20 Å². The van der Waals surface area contributed by atoms with Gasteiger partial charge in [0.2, 0.25) is 5.88 Å². The maximum atomic E-state index is 9.04. The molecule has 1 atom stereocenters. The number of aryl methyl sites for hydroxylation is 2. The average Bonchev–Trinajstić information content (AvgIpc) is 3.22. The largest absolute Gasteiger partial charge is 0.437 e. The molecule has 0 spiro atoms. The number of ether oxygens (including phenoxy) is 2. The lowest BCUT2D eigenvalue weighted by atomic mass is 10.2. The number of nitrogens with one attached hydrogen (secondary N) is 1. The van der Waals surface area contributed by atoms with Gasteiger partial charge in [0.15, 0.2) is 23.0 Å². The van der Waals surface area contributed by atoms with Crippen molar-refractivity contribution >= 4 is 28.5 Å². The Kier molecular flexibility index (Phi) is 5.65. The Morgan fingerprint density at radius 3 is 2.85 bits per heavy atom. The SMILES string of the molecule is Cc1cc(C#N)ncc1Oc1cc(Nc2ccc(N3CCOC(C)C3)nn2)c2ncn(C)c2n1. The van der Waals surface area contributed by atoms with Gasteiger partial charge < -0.3 is 24.3 Å². The molecule has 1 N–H and O–H groups in total. The highest BCUT2D eigenvalue weighted by atomic mass is 16.5. The number of pyridine rings is 2. The fraction of sp³-hybridized carbons (Fsp3) is 0.304. The summed E-state index contributed by atoms with van der Waals surface area (Å²) in [5.41, 5.74) is 3.12. The number of fused-ring (bicyclic) bond motifs is 1. The molecule has 34 heavy (non-hydrogen) atoms. The van der Waals surface area contributed by atoms with Gasteiger partial charge in [0.05, 0.1) is 30.9 Å². The molecule has 11 nitrogen and oxygen atoms in total. The van der Waals surface area contributed by atoms with Gasteiger partial charge >= 0.3 is 0 Å². The number of aromatic nitrogens is 6. The number of morpholine rings is 1. The molecule has 1 aliphatic rings. The molecule has 172 valence electrons. The molecule has 11 heteroatoms. The van der Waals surface area contributed by atoms with Crippen LogP contribution < -0.4 is 15.0 Å². The highest BCUT2D eigenvalue weighted by Gasteiger charge is 2.19. The van der Waals surface area contributed by atoms with E-state index in [9.17, 15) is 0 Å². The van der Waals surface area contributed by atoms with Gasteiger partial charge in [-0.3, -0.25) is 0 Å². The van der Waals surface area contributed by atoms with E-state index in [2.05, 4.69) is 35.4 Å². The third kappa shape index (κ3) is 4.31. The normalized spacial score (nSPS) is 15.8. The maximum Gasteiger partial charge on any atom is 0.223 e. The van der Waals surface area contributed by atoms with Gasteiger partial charge in [-0.2, -0.15) is 10.2 Å². The van der Waals surface area contributed by atoms with Crippen LogP contribution in [0.3, 0.4) is 0 Å². The molecule has 5 heterocycles. The van der Waals surface area contributed by atoms with Crippen molar-refractivity contribution in [1.29, 1.82) is 5.26 Å². The molecule has 0 aromatic carbocycles. The summed E-state index contributed by atoms with van der Waals surface area (Å²) in [5.74, 6) is 2.26. The van der Waals surface area contributed by atoms with E-state index in [1.54, 1.807) is 18.5 Å². The number of hydrogen-bond donors (Lipinski definition) is 1. The first kappa shape index (κ1) is 21.5. The minimum Gasteiger partial charge on any atom is -0.437 e. The molecule has 4 aromatic rings. The number of rotatable bonds is 5. The smallest absolute Gasteiger partial charge is 0.223 e. The van der Waals surface area contributed by atoms with E-state index in [1.807, 2.05) is 43.7 Å². The lowest BCUT2D eigenvalue weighted by Crippen LogP contribution is -2.41. The molecule has 0 bridgehead atoms. The molecule has 0 saturated carbocycles. The highest BCUT2D eigenvalue weighted by molar-refractivity contribution is 5.88. The van der Waals surface area contributed by atoms with Crippen molar-refractivity contribution in [3.63, 3.8) is 0 Å². The van der Waals surface area contributed by atoms with E-state index in [0.717, 1.165) is 24.5 Å². The van der Waals surface area contributed by atoms with Crippen LogP contribution in [0, 0.1) is 18.3 Å². The van der Waals surface area contributed by atoms with Gasteiger partial charge in [-0.1, -0.05) is 0 Å². The Hall–Kier alpha value is -4.30. The monoisotopic (exact) mass is 457 g/mol. The summed E-state index contributed by atoms with van der Waals surface area (Å²) in [5, 5.41) is 21.1. The van der Waals surface area contributed by atoms with Gasteiger partial charge in [-0.05, 0) is 37.6 Å². The summed E-state index contributed by atoms with van der Waals surface area (Å²) in [6.45, 7) is 6.15. The zero-order chi connectivity index (χ0) is 23.7. The van der Waals surface area contributed by atoms with Gasteiger partial charge in [0.25, 0.3) is 0 Å². The molecule has 1 unspecified atom stereocenters. The number of nitrogens with zero attached hydrogens (tertiary/aromatic N) is 8. The third-order valence-corrected chi connectivity index (χ3v) is 5.52. The Labute approximate surface area is 196 Å². The van der Waals surface area contributed by atoms with Crippen LogP contribution in [0.15, 0.2) is 36.8 Å². The van der Waals surface area contributed by atoms with Gasteiger partial charge in [0, 0.05) is 26.2 Å². The molecule has 1 saturated heterocycles. The van der Waals surface area contributed by atoms with Crippen molar-refractivity contribution in [3.8, 4) is 17.7 Å². The average molecular weight is 457 g/mol. The van der Waals surface area contributed by atoms with Crippen LogP contribution >= 0.6 is 0 Å². The van der Waals surface area contributed by atoms with E-state index in [0.29, 0.717) is 46.6 Å². The first-order chi connectivity index (χ1) is 16.5. The fourth-order valence-corrected chi connectivity index (χ4v) is 3.77. The lowest BCUT2D eigenvalue weighted by molar-refractivity contribution is 0.0529. The summed E-state index contributed by atoms with van der Waals surface area (Å²) in [7, 11) is 1.86. The van der Waals surface area contributed by atoms with Crippen molar-refractivity contribution in [2.75, 3.05) is 29.9 Å². The summed E-state index contributed by atoms with van der Waals surface area (Å²) in [6.07, 6.45) is 3.37. The van der Waals surface area contributed by atoms with Crippen molar-refractivity contribution in [1.82, 2.24) is 29.7 Å². The second-order valence-corrected chi connectivity index (χ2v) is 8.11. The number of imidazole rings is 1. The van der Waals surface area contributed by atoms with Crippen molar-refractivity contribution in [2.24, 2.45) is 7.05 Å². The van der Waals surface area contributed by atoms with Crippen LogP contribution in [0.1, 0.15) is 18.2 Å². The maximum absolute atomic E-state index is 9.04. The predicted molar refractivity (Wildman–Crippen MR) is 125 cm³/mol. The molecular formula is C23H23N9O2. The number of hydrogen-bond acceptors (Lipinski definition) is 10. The standard InChI is InChI=1S/C23H23N9O2/c1-14-8-16(10-24)25-11-18(14)34-21-9-17(22-23(28-21)31(3)13-26-22)27-19-4-5-20(30-29-19)32-6-7-33-15(2)12-32/h4-5,8-9,11,13,15H,6-7,12H2,1-3H3,(H,27,28,29). The zero-order valence-electron chi connectivity index (χ0n) is 19.1. The number of nitriles is 1. The quantitative estimate of drug-likeness (QED) is 0.477. The Morgan fingerprint density at radius 1 is 1.24 bits per heavy atom. The van der Waals surface area contributed by atoms with Gasteiger partial charge in [0.1, 0.15) is 17.3 Å². The zero-order valence-corrected chi connectivity index (χ0v) is 19.1. The van der Waals surface area contributed by atoms with Crippen molar-refractivity contribution < 1.29 is 9.47 Å². The lowest BCUT2D eigenvalue weighted by Gasteiger charge is -2.31. The van der Waals surface area contributed by atoms with Crippen LogP contribution in [-0.4, -0.2) is 55.5 Å². The van der Waals surface area contributed by atoms with E-state index >= 15 is 0 Å². The molecule has 0 radical (unpaired) electrons. The van der Waals surface area contributed by atoms with E-state index in [-0.39, 0.29) is 6.10 Å². The van der Waals surface area contributed by atoms with Crippen LogP contribution in [0.5, 0.6) is 11.6 Å². The van der Waals surface area contributed by atoms with Crippen LogP contribution in [0.4, 0.5) is 17.3 Å². The minimum absolute atomic E-state index is 0.163. The molecular weight excluding hydrogens is 434 g/mol. The fourth-order valence-electron chi connectivity index (χ4n) is 3.77. The Balaban J connectivity index is 1.42. The molecule has 4 aromatic heterocycles. The highest BCUT2D eigenvalue weighted by Crippen LogP contribution is 2.31. The third-order valence-electron chi connectivity index (χ3n) is 5.52. The van der Waals surface area contributed by atoms with Crippen LogP contribution in [0.2, 0.25) is 0 Å². The summed E-state index contributed by atoms with van der Waals surface area (Å²) >= 11 is 0. The number of anilines is 3. The van der Waals surface area contributed by atoms with Crippen molar-refractivity contribution in [3.05, 3.63) is 48.0 Å². The summed E-state index contributed by atoms with van der Waals surface area (Å²) in [4.78, 5) is 15.3. The Morgan fingerprint density at radius 2 is 2.12 bits per heavy atom. The Bertz CT molecular complexity index is 1380. The van der Waals surface area contributed by atoms with E-state index < -0.39 is 0 Å². The minimum atomic E-state index is 0.163. The first-order valence-corrected chi connectivity index (χ1v) is 10.8. The molecule has 1 aliphatic heterocycles. The molecule has 0 aliphatic carbocycles. The van der Waals surface area contributed by atoms with E-state index in [4.69, 9.17) is 14.7 Å². The summed E-state index contributed by atoms with van der Waals surface area (Å²) in [6, 6.07) is 9.27. The molecule has 5 rings (SSSR count). The van der Waals surface area contributed by atoms with Gasteiger partial charge in [-0.25, -0.2) is 9.97 Å². The predicted octanol–water partition coefficient (Wildman–Crippen LogP) is 3.09. The topological polar surface area (TPSA) is 127 Å². The van der Waals surface area contributed by atoms with Crippen LogP contribution in [0.25, 0.3) is 11.2 Å². The summed E-state index contributed by atoms with van der Waals surface area (Å²) < 4.78 is 13.4. The van der Waals surface area contributed by atoms with Gasteiger partial charge in [-0.15, -0.1) is 10.2 Å². The van der Waals surface area contributed by atoms with Crippen LogP contribution in [-0.2, 0) is 11.8 Å². The second kappa shape index (κ2) is 8.92. The molecule has 1 fully saturated rings.